The predicted molar refractivity (Wildman–Crippen MR) is 97.0 cm³/mol. The Morgan fingerprint density at radius 3 is 2.48 bits per heavy atom. The first-order chi connectivity index (χ1) is 13.6. The van der Waals surface area contributed by atoms with Gasteiger partial charge in [-0.3, -0.25) is 9.59 Å². The molecule has 0 aliphatic carbocycles. The van der Waals surface area contributed by atoms with E-state index >= 15 is 0 Å². The summed E-state index contributed by atoms with van der Waals surface area (Å²) in [5, 5.41) is 0. The number of aryl methyl sites for hydroxylation is 1. The number of ketones is 1. The lowest BCUT2D eigenvalue weighted by Gasteiger charge is -2.38. The van der Waals surface area contributed by atoms with Crippen LogP contribution in [0, 0.1) is 12.8 Å². The average molecular weight is 415 g/mol. The van der Waals surface area contributed by atoms with Gasteiger partial charge in [0.25, 0.3) is 0 Å². The van der Waals surface area contributed by atoms with Crippen molar-refractivity contribution in [3.8, 4) is 0 Å². The van der Waals surface area contributed by atoms with Crippen LogP contribution in [0.4, 0.5) is 18.0 Å². The maximum atomic E-state index is 13.1. The Morgan fingerprint density at radius 1 is 1.24 bits per heavy atom. The second-order valence-corrected chi connectivity index (χ2v) is 6.92. The zero-order chi connectivity index (χ0) is 21.8. The van der Waals surface area contributed by atoms with E-state index in [4.69, 9.17) is 9.47 Å². The van der Waals surface area contributed by atoms with Crippen molar-refractivity contribution in [2.24, 2.45) is 5.92 Å². The second-order valence-electron chi connectivity index (χ2n) is 6.92. The first-order valence-electron chi connectivity index (χ1n) is 9.29. The van der Waals surface area contributed by atoms with Crippen LogP contribution in [0.15, 0.2) is 18.2 Å². The molecule has 29 heavy (non-hydrogen) atoms. The summed E-state index contributed by atoms with van der Waals surface area (Å²) in [6.45, 7) is 3.35. The van der Waals surface area contributed by atoms with Crippen molar-refractivity contribution >= 4 is 17.8 Å². The van der Waals surface area contributed by atoms with Crippen LogP contribution in [0.25, 0.3) is 0 Å². The Balaban J connectivity index is 2.28. The summed E-state index contributed by atoms with van der Waals surface area (Å²) in [5.74, 6) is -1.43. The quantitative estimate of drug-likeness (QED) is 0.536. The van der Waals surface area contributed by atoms with Gasteiger partial charge in [0.1, 0.15) is 12.2 Å². The Kier molecular flexibility index (Phi) is 7.26. The number of carbonyl (C=O) groups excluding carboxylic acids is 3. The zero-order valence-corrected chi connectivity index (χ0v) is 16.5. The van der Waals surface area contributed by atoms with Crippen LogP contribution in [0.5, 0.6) is 0 Å². The van der Waals surface area contributed by atoms with Gasteiger partial charge in [-0.05, 0) is 43.9 Å². The molecule has 0 unspecified atom stereocenters. The second kappa shape index (κ2) is 9.28. The standard InChI is InChI=1S/C20H24F3NO5/c1-4-29-18(26)11-17(25)14-7-8-24(19(27)28-3)16(10-14)13-5-6-15(12(2)9-13)20(21,22)23/h5-6,9,14,16H,4,7-8,10-11H2,1-3H3/t14-,16+/m1/s1. The van der Waals surface area contributed by atoms with Gasteiger partial charge in [0.15, 0.2) is 0 Å². The fourth-order valence-electron chi connectivity index (χ4n) is 3.62. The third-order valence-electron chi connectivity index (χ3n) is 5.03. The summed E-state index contributed by atoms with van der Waals surface area (Å²) in [5.41, 5.74) is -0.245. The third-order valence-corrected chi connectivity index (χ3v) is 5.03. The molecule has 9 heteroatoms. The number of carbonyl (C=O) groups is 3. The summed E-state index contributed by atoms with van der Waals surface area (Å²) in [6, 6.07) is 3.04. The summed E-state index contributed by atoms with van der Waals surface area (Å²) in [4.78, 5) is 37.6. The number of ether oxygens (including phenoxy) is 2. The first-order valence-corrected chi connectivity index (χ1v) is 9.29. The van der Waals surface area contributed by atoms with Crippen LogP contribution in [0.3, 0.4) is 0 Å². The van der Waals surface area contributed by atoms with Crippen LogP contribution in [-0.2, 0) is 25.2 Å². The SMILES string of the molecule is CCOC(=O)CC(=O)[C@@H]1CCN(C(=O)OC)[C@H](c2ccc(C(F)(F)F)c(C)c2)C1. The monoisotopic (exact) mass is 415 g/mol. The Morgan fingerprint density at radius 2 is 1.93 bits per heavy atom. The average Bonchev–Trinajstić information content (AvgIpc) is 2.65. The number of hydrogen-bond donors (Lipinski definition) is 0. The normalized spacial score (nSPS) is 19.6. The molecule has 1 fully saturated rings. The maximum Gasteiger partial charge on any atom is 0.416 e. The van der Waals surface area contributed by atoms with Crippen molar-refractivity contribution in [1.82, 2.24) is 4.90 Å². The van der Waals surface area contributed by atoms with Gasteiger partial charge in [-0.2, -0.15) is 13.2 Å². The molecular weight excluding hydrogens is 391 g/mol. The number of piperidine rings is 1. The maximum absolute atomic E-state index is 13.1. The molecule has 1 aliphatic rings. The highest BCUT2D eigenvalue weighted by Crippen LogP contribution is 2.38. The highest BCUT2D eigenvalue weighted by Gasteiger charge is 2.38. The number of Topliss-reactive ketones (excluding diaryl/α,β-unsaturated/α-hetero) is 1. The number of rotatable bonds is 5. The minimum atomic E-state index is -4.48. The van der Waals surface area contributed by atoms with E-state index in [1.807, 2.05) is 0 Å². The minimum Gasteiger partial charge on any atom is -0.466 e. The van der Waals surface area contributed by atoms with Crippen molar-refractivity contribution in [2.75, 3.05) is 20.3 Å². The van der Waals surface area contributed by atoms with Gasteiger partial charge in [-0.1, -0.05) is 12.1 Å². The molecule has 1 aromatic carbocycles. The Bertz CT molecular complexity index is 778. The minimum absolute atomic E-state index is 0.0276. The van der Waals surface area contributed by atoms with Crippen molar-refractivity contribution in [3.63, 3.8) is 0 Å². The van der Waals surface area contributed by atoms with Crippen LogP contribution < -0.4 is 0 Å². The van der Waals surface area contributed by atoms with Crippen LogP contribution >= 0.6 is 0 Å². The molecule has 0 saturated carbocycles. The van der Waals surface area contributed by atoms with E-state index in [1.165, 1.54) is 31.1 Å². The summed E-state index contributed by atoms with van der Waals surface area (Å²) >= 11 is 0. The topological polar surface area (TPSA) is 72.9 Å². The van der Waals surface area contributed by atoms with E-state index in [9.17, 15) is 27.6 Å². The molecule has 0 bridgehead atoms. The first kappa shape index (κ1) is 22.7. The van der Waals surface area contributed by atoms with Crippen molar-refractivity contribution in [2.45, 2.75) is 45.3 Å². The van der Waals surface area contributed by atoms with Crippen molar-refractivity contribution < 1.29 is 37.0 Å². The number of hydrogen-bond acceptors (Lipinski definition) is 5. The lowest BCUT2D eigenvalue weighted by molar-refractivity contribution is -0.146. The lowest BCUT2D eigenvalue weighted by atomic mass is 9.83. The number of methoxy groups -OCH3 is 1. The molecule has 2 rings (SSSR count). The third kappa shape index (κ3) is 5.48. The number of nitrogens with zero attached hydrogens (tertiary/aromatic N) is 1. The van der Waals surface area contributed by atoms with E-state index in [2.05, 4.69) is 0 Å². The number of halogens is 3. The van der Waals surface area contributed by atoms with Gasteiger partial charge in [0, 0.05) is 12.5 Å². The van der Waals surface area contributed by atoms with E-state index in [0.29, 0.717) is 12.0 Å². The number of likely N-dealkylation sites (tertiary alicyclic amines) is 1. The molecule has 0 spiro atoms. The van der Waals surface area contributed by atoms with Gasteiger partial charge in [0.05, 0.1) is 25.3 Å². The zero-order valence-electron chi connectivity index (χ0n) is 16.5. The summed E-state index contributed by atoms with van der Waals surface area (Å²) < 4.78 is 48.8. The van der Waals surface area contributed by atoms with Crippen LogP contribution in [-0.4, -0.2) is 43.0 Å². The van der Waals surface area contributed by atoms with Gasteiger partial charge in [-0.15, -0.1) is 0 Å². The van der Waals surface area contributed by atoms with Gasteiger partial charge >= 0.3 is 18.2 Å². The van der Waals surface area contributed by atoms with E-state index in [1.54, 1.807) is 6.92 Å². The Hall–Kier alpha value is -2.58. The number of benzene rings is 1. The molecular formula is C20H24F3NO5. The van der Waals surface area contributed by atoms with E-state index in [0.717, 1.165) is 6.07 Å². The highest BCUT2D eigenvalue weighted by molar-refractivity contribution is 5.97. The molecule has 1 amide bonds. The van der Waals surface area contributed by atoms with Crippen LogP contribution in [0.1, 0.15) is 48.9 Å². The number of amides is 1. The number of alkyl halides is 3. The fourth-order valence-corrected chi connectivity index (χ4v) is 3.62. The molecule has 160 valence electrons. The molecule has 0 aromatic heterocycles. The van der Waals surface area contributed by atoms with Gasteiger partial charge in [0.2, 0.25) is 0 Å². The highest BCUT2D eigenvalue weighted by atomic mass is 19.4. The molecule has 1 heterocycles. The molecule has 1 aromatic rings. The fraction of sp³-hybridized carbons (Fsp3) is 0.550. The largest absolute Gasteiger partial charge is 0.466 e. The molecule has 0 N–H and O–H groups in total. The molecule has 6 nitrogen and oxygen atoms in total. The summed E-state index contributed by atoms with van der Waals surface area (Å²) in [6.07, 6.45) is -4.93. The molecule has 0 radical (unpaired) electrons. The molecule has 1 saturated heterocycles. The Labute approximate surface area is 167 Å². The predicted octanol–water partition coefficient (Wildman–Crippen LogP) is 4.06. The van der Waals surface area contributed by atoms with Gasteiger partial charge < -0.3 is 14.4 Å². The van der Waals surface area contributed by atoms with Crippen molar-refractivity contribution in [1.29, 1.82) is 0 Å². The lowest BCUT2D eigenvalue weighted by Crippen LogP contribution is -2.43. The molecule has 1 aliphatic heterocycles. The van der Waals surface area contributed by atoms with Gasteiger partial charge in [-0.25, -0.2) is 4.79 Å². The number of esters is 1. The van der Waals surface area contributed by atoms with E-state index < -0.39 is 35.8 Å². The van der Waals surface area contributed by atoms with E-state index in [-0.39, 0.29) is 37.3 Å². The smallest absolute Gasteiger partial charge is 0.416 e. The van der Waals surface area contributed by atoms with Crippen LogP contribution in [0.2, 0.25) is 0 Å². The van der Waals surface area contributed by atoms with Crippen molar-refractivity contribution in [3.05, 3.63) is 34.9 Å². The summed E-state index contributed by atoms with van der Waals surface area (Å²) in [7, 11) is 1.22. The molecule has 2 atom stereocenters.